The van der Waals surface area contributed by atoms with Gasteiger partial charge in [0.1, 0.15) is 5.82 Å². The number of likely N-dealkylation sites (tertiary alicyclic amines) is 1. The molecular weight excluding hydrogens is 356 g/mol. The van der Waals surface area contributed by atoms with Gasteiger partial charge < -0.3 is 10.0 Å². The van der Waals surface area contributed by atoms with Crippen LogP contribution in [0.25, 0.3) is 0 Å². The van der Waals surface area contributed by atoms with Crippen molar-refractivity contribution in [1.29, 1.82) is 0 Å². The van der Waals surface area contributed by atoms with Crippen LogP contribution in [0.4, 0.5) is 5.82 Å². The zero-order chi connectivity index (χ0) is 18.7. The van der Waals surface area contributed by atoms with E-state index in [9.17, 15) is 5.11 Å². The first-order chi connectivity index (χ1) is 13.2. The topological polar surface area (TPSA) is 52.5 Å². The van der Waals surface area contributed by atoms with E-state index in [2.05, 4.69) is 50.3 Å². The summed E-state index contributed by atoms with van der Waals surface area (Å²) in [6.45, 7) is 4.82. The second kappa shape index (κ2) is 8.17. The molecule has 1 N–H and O–H groups in total. The summed E-state index contributed by atoms with van der Waals surface area (Å²) >= 11 is 1.80. The van der Waals surface area contributed by atoms with Crippen molar-refractivity contribution in [3.8, 4) is 0 Å². The largest absolute Gasteiger partial charge is 0.391 e. The Hall–Kier alpha value is -1.63. The molecule has 1 aromatic heterocycles. The molecule has 0 amide bonds. The molecule has 0 radical (unpaired) electrons. The summed E-state index contributed by atoms with van der Waals surface area (Å²) in [5, 5.41) is 10.5. The summed E-state index contributed by atoms with van der Waals surface area (Å²) in [5.74, 6) is 0.881. The van der Waals surface area contributed by atoms with Gasteiger partial charge in [0.2, 0.25) is 0 Å². The smallest absolute Gasteiger partial charge is 0.147 e. The molecule has 6 heteroatoms. The second-order valence-corrected chi connectivity index (χ2v) is 8.81. The number of piperidine rings is 2. The van der Waals surface area contributed by atoms with Crippen molar-refractivity contribution < 1.29 is 5.11 Å². The van der Waals surface area contributed by atoms with Crippen LogP contribution in [0.15, 0.2) is 47.8 Å². The summed E-state index contributed by atoms with van der Waals surface area (Å²) in [7, 11) is 0. The standard InChI is InChI=1S/C21H28N4OS/c1-27-19-4-2-3-17(11-19)14-24-9-5-21(6-10-24)12-18(26)15-25(16-21)20-13-22-7-8-23-20/h2-4,7-8,11,13,18,26H,5-6,9-10,12,14-16H2,1H3. The Labute approximate surface area is 165 Å². The molecule has 2 aromatic rings. The number of aromatic nitrogens is 2. The molecule has 1 atom stereocenters. The average molecular weight is 385 g/mol. The SMILES string of the molecule is CSc1cccc(CN2CCC3(CC2)CC(O)CN(c2cnccn2)C3)c1. The number of anilines is 1. The number of aliphatic hydroxyl groups excluding tert-OH is 1. The predicted octanol–water partition coefficient (Wildman–Crippen LogP) is 3.05. The van der Waals surface area contributed by atoms with Gasteiger partial charge in [0.15, 0.2) is 0 Å². The van der Waals surface area contributed by atoms with Gasteiger partial charge in [0, 0.05) is 36.9 Å². The minimum absolute atomic E-state index is 0.187. The van der Waals surface area contributed by atoms with Gasteiger partial charge in [-0.2, -0.15) is 0 Å². The molecule has 1 spiro atoms. The number of rotatable bonds is 4. The summed E-state index contributed by atoms with van der Waals surface area (Å²) in [6, 6.07) is 8.85. The van der Waals surface area contributed by atoms with Crippen molar-refractivity contribution >= 4 is 17.6 Å². The number of benzene rings is 1. The third kappa shape index (κ3) is 4.45. The van der Waals surface area contributed by atoms with Gasteiger partial charge in [-0.25, -0.2) is 4.98 Å². The molecule has 0 aliphatic carbocycles. The fraction of sp³-hybridized carbons (Fsp3) is 0.524. The molecule has 1 unspecified atom stereocenters. The van der Waals surface area contributed by atoms with Crippen LogP contribution in [0.5, 0.6) is 0 Å². The lowest BCUT2D eigenvalue weighted by Gasteiger charge is -2.49. The fourth-order valence-corrected chi connectivity index (χ4v) is 5.04. The van der Waals surface area contributed by atoms with E-state index >= 15 is 0 Å². The summed E-state index contributed by atoms with van der Waals surface area (Å²) in [4.78, 5) is 14.7. The van der Waals surface area contributed by atoms with E-state index in [4.69, 9.17) is 0 Å². The van der Waals surface area contributed by atoms with Gasteiger partial charge in [-0.3, -0.25) is 9.88 Å². The zero-order valence-electron chi connectivity index (χ0n) is 15.9. The Bertz CT molecular complexity index is 749. The number of nitrogens with zero attached hydrogens (tertiary/aromatic N) is 4. The van der Waals surface area contributed by atoms with Gasteiger partial charge in [0.05, 0.1) is 12.3 Å². The van der Waals surface area contributed by atoms with Gasteiger partial charge in [-0.05, 0) is 61.7 Å². The zero-order valence-corrected chi connectivity index (χ0v) is 16.7. The van der Waals surface area contributed by atoms with Crippen LogP contribution < -0.4 is 4.90 Å². The Kier molecular flexibility index (Phi) is 5.66. The number of thioether (sulfide) groups is 1. The highest BCUT2D eigenvalue weighted by Gasteiger charge is 2.41. The lowest BCUT2D eigenvalue weighted by molar-refractivity contribution is 0.0244. The fourth-order valence-electron chi connectivity index (χ4n) is 4.56. The van der Waals surface area contributed by atoms with E-state index in [1.807, 2.05) is 0 Å². The van der Waals surface area contributed by atoms with Crippen LogP contribution in [0.1, 0.15) is 24.8 Å². The molecule has 144 valence electrons. The van der Waals surface area contributed by atoms with Crippen molar-refractivity contribution in [3.05, 3.63) is 48.4 Å². The van der Waals surface area contributed by atoms with E-state index in [1.54, 1.807) is 30.4 Å². The summed E-state index contributed by atoms with van der Waals surface area (Å²) in [6.07, 6.45) is 10.2. The first-order valence-electron chi connectivity index (χ1n) is 9.70. The van der Waals surface area contributed by atoms with E-state index < -0.39 is 0 Å². The maximum absolute atomic E-state index is 10.5. The first kappa shape index (κ1) is 18.7. The maximum atomic E-state index is 10.5. The second-order valence-electron chi connectivity index (χ2n) is 7.93. The molecule has 2 aliphatic rings. The number of β-amino-alcohol motifs (C(OH)–C–C–N with tert-alkyl or cyclic N) is 1. The highest BCUT2D eigenvalue weighted by atomic mass is 32.2. The van der Waals surface area contributed by atoms with Crippen molar-refractivity contribution in [2.24, 2.45) is 5.41 Å². The highest BCUT2D eigenvalue weighted by Crippen LogP contribution is 2.41. The number of hydrogen-bond acceptors (Lipinski definition) is 6. The number of aliphatic hydroxyl groups is 1. The van der Waals surface area contributed by atoms with Crippen LogP contribution in [0, 0.1) is 5.41 Å². The lowest BCUT2D eigenvalue weighted by atomic mass is 9.71. The molecule has 5 nitrogen and oxygen atoms in total. The molecule has 2 fully saturated rings. The van der Waals surface area contributed by atoms with Gasteiger partial charge in [-0.1, -0.05) is 12.1 Å². The van der Waals surface area contributed by atoms with Crippen LogP contribution in [-0.4, -0.2) is 58.5 Å². The quantitative estimate of drug-likeness (QED) is 0.818. The monoisotopic (exact) mass is 384 g/mol. The van der Waals surface area contributed by atoms with Crippen LogP contribution in [-0.2, 0) is 6.54 Å². The van der Waals surface area contributed by atoms with E-state index in [1.165, 1.54) is 10.5 Å². The Balaban J connectivity index is 1.39. The molecule has 27 heavy (non-hydrogen) atoms. The minimum atomic E-state index is -0.287. The molecule has 2 aliphatic heterocycles. The van der Waals surface area contributed by atoms with Crippen LogP contribution in [0.2, 0.25) is 0 Å². The third-order valence-corrected chi connectivity index (χ3v) is 6.68. The lowest BCUT2D eigenvalue weighted by Crippen LogP contribution is -2.54. The van der Waals surface area contributed by atoms with E-state index in [-0.39, 0.29) is 11.5 Å². The van der Waals surface area contributed by atoms with E-state index in [0.717, 1.165) is 51.3 Å². The molecular formula is C21H28N4OS. The van der Waals surface area contributed by atoms with Crippen molar-refractivity contribution in [2.75, 3.05) is 37.3 Å². The molecule has 3 heterocycles. The molecule has 0 saturated carbocycles. The summed E-state index contributed by atoms with van der Waals surface area (Å²) in [5.41, 5.74) is 1.58. The Morgan fingerprint density at radius 1 is 1.26 bits per heavy atom. The van der Waals surface area contributed by atoms with Crippen LogP contribution >= 0.6 is 11.8 Å². The third-order valence-electron chi connectivity index (χ3n) is 5.96. The van der Waals surface area contributed by atoms with Gasteiger partial charge >= 0.3 is 0 Å². The van der Waals surface area contributed by atoms with Crippen molar-refractivity contribution in [3.63, 3.8) is 0 Å². The van der Waals surface area contributed by atoms with Crippen molar-refractivity contribution in [1.82, 2.24) is 14.9 Å². The summed E-state index contributed by atoms with van der Waals surface area (Å²) < 4.78 is 0. The number of hydrogen-bond donors (Lipinski definition) is 1. The van der Waals surface area contributed by atoms with Gasteiger partial charge in [-0.15, -0.1) is 11.8 Å². The Morgan fingerprint density at radius 2 is 2.11 bits per heavy atom. The Morgan fingerprint density at radius 3 is 2.85 bits per heavy atom. The maximum Gasteiger partial charge on any atom is 0.147 e. The van der Waals surface area contributed by atoms with Crippen molar-refractivity contribution in [2.45, 2.75) is 36.8 Å². The van der Waals surface area contributed by atoms with Gasteiger partial charge in [0.25, 0.3) is 0 Å². The minimum Gasteiger partial charge on any atom is -0.391 e. The molecule has 2 saturated heterocycles. The molecule has 4 rings (SSSR count). The average Bonchev–Trinajstić information content (AvgIpc) is 2.70. The first-order valence-corrected chi connectivity index (χ1v) is 10.9. The van der Waals surface area contributed by atoms with E-state index in [0.29, 0.717) is 6.54 Å². The van der Waals surface area contributed by atoms with Crippen LogP contribution in [0.3, 0.4) is 0 Å². The molecule has 0 bridgehead atoms. The normalized spacial score (nSPS) is 22.9. The highest BCUT2D eigenvalue weighted by molar-refractivity contribution is 7.98. The molecule has 1 aromatic carbocycles. The predicted molar refractivity (Wildman–Crippen MR) is 110 cm³/mol.